The molecule has 0 radical (unpaired) electrons. The zero-order chi connectivity index (χ0) is 15.9. The Morgan fingerprint density at radius 3 is 2.82 bits per heavy atom. The van der Waals surface area contributed by atoms with Crippen molar-refractivity contribution in [3.8, 4) is 5.75 Å². The van der Waals surface area contributed by atoms with E-state index >= 15 is 0 Å². The van der Waals surface area contributed by atoms with Gasteiger partial charge in [-0.05, 0) is 48.7 Å². The number of hydrogen-bond acceptors (Lipinski definition) is 3. The third-order valence-corrected chi connectivity index (χ3v) is 3.66. The van der Waals surface area contributed by atoms with Crippen LogP contribution in [-0.4, -0.2) is 18.7 Å². The van der Waals surface area contributed by atoms with Gasteiger partial charge in [-0.15, -0.1) is 0 Å². The molecule has 0 fully saturated rings. The Morgan fingerprint density at radius 2 is 2.05 bits per heavy atom. The van der Waals surface area contributed by atoms with Crippen LogP contribution in [0, 0.1) is 13.8 Å². The van der Waals surface area contributed by atoms with E-state index in [2.05, 4.69) is 26.5 Å². The summed E-state index contributed by atoms with van der Waals surface area (Å²) in [6.07, 6.45) is 1.58. The fourth-order valence-electron chi connectivity index (χ4n) is 1.82. The highest BCUT2D eigenvalue weighted by molar-refractivity contribution is 9.10. The minimum atomic E-state index is -0.299. The topological polar surface area (TPSA) is 50.7 Å². The van der Waals surface area contributed by atoms with Crippen LogP contribution in [0.1, 0.15) is 16.7 Å². The van der Waals surface area contributed by atoms with Crippen molar-refractivity contribution in [2.75, 3.05) is 6.61 Å². The van der Waals surface area contributed by atoms with E-state index in [0.29, 0.717) is 5.75 Å². The zero-order valence-electron chi connectivity index (χ0n) is 12.5. The minimum absolute atomic E-state index is 0.0693. The number of hydrazone groups is 1. The molecule has 2 aromatic carbocycles. The van der Waals surface area contributed by atoms with Crippen LogP contribution in [0.15, 0.2) is 52.0 Å². The van der Waals surface area contributed by atoms with Crippen molar-refractivity contribution in [2.45, 2.75) is 13.8 Å². The van der Waals surface area contributed by atoms with Crippen molar-refractivity contribution < 1.29 is 9.53 Å². The molecule has 5 heteroatoms. The summed E-state index contributed by atoms with van der Waals surface area (Å²) in [6, 6.07) is 13.4. The second kappa shape index (κ2) is 7.75. The molecule has 2 rings (SSSR count). The van der Waals surface area contributed by atoms with Gasteiger partial charge in [0.1, 0.15) is 5.75 Å². The van der Waals surface area contributed by atoms with Crippen LogP contribution < -0.4 is 10.2 Å². The SMILES string of the molecule is Cc1cccc(OCC(=O)NN=Cc2cccc(Br)c2)c1C. The van der Waals surface area contributed by atoms with Crippen LogP contribution in [0.5, 0.6) is 5.75 Å². The second-order valence-electron chi connectivity index (χ2n) is 4.83. The maximum Gasteiger partial charge on any atom is 0.277 e. The van der Waals surface area contributed by atoms with Gasteiger partial charge in [0.25, 0.3) is 5.91 Å². The molecule has 0 heterocycles. The Labute approximate surface area is 138 Å². The monoisotopic (exact) mass is 360 g/mol. The molecule has 0 aliphatic carbocycles. The van der Waals surface area contributed by atoms with Crippen molar-refractivity contribution in [3.63, 3.8) is 0 Å². The molecule has 0 aromatic heterocycles. The van der Waals surface area contributed by atoms with E-state index in [1.165, 1.54) is 0 Å². The average Bonchev–Trinajstić information content (AvgIpc) is 2.49. The van der Waals surface area contributed by atoms with E-state index in [4.69, 9.17) is 4.74 Å². The molecule has 0 atom stereocenters. The van der Waals surface area contributed by atoms with Gasteiger partial charge in [-0.3, -0.25) is 4.79 Å². The fraction of sp³-hybridized carbons (Fsp3) is 0.176. The van der Waals surface area contributed by atoms with Crippen molar-refractivity contribution >= 4 is 28.1 Å². The van der Waals surface area contributed by atoms with Crippen LogP contribution in [0.4, 0.5) is 0 Å². The molecule has 0 aliphatic rings. The predicted octanol–water partition coefficient (Wildman–Crippen LogP) is 3.60. The number of aryl methyl sites for hydroxylation is 1. The first-order valence-corrected chi connectivity index (χ1v) is 7.62. The van der Waals surface area contributed by atoms with Crippen LogP contribution >= 0.6 is 15.9 Å². The summed E-state index contributed by atoms with van der Waals surface area (Å²) >= 11 is 3.38. The highest BCUT2D eigenvalue weighted by Gasteiger charge is 2.05. The van der Waals surface area contributed by atoms with E-state index in [9.17, 15) is 4.79 Å². The number of ether oxygens (including phenoxy) is 1. The highest BCUT2D eigenvalue weighted by atomic mass is 79.9. The van der Waals surface area contributed by atoms with E-state index in [1.54, 1.807) is 6.21 Å². The first-order chi connectivity index (χ1) is 10.6. The van der Waals surface area contributed by atoms with Crippen molar-refractivity contribution in [3.05, 3.63) is 63.6 Å². The minimum Gasteiger partial charge on any atom is -0.483 e. The second-order valence-corrected chi connectivity index (χ2v) is 5.75. The molecule has 1 amide bonds. The maximum absolute atomic E-state index is 11.7. The third-order valence-electron chi connectivity index (χ3n) is 3.17. The summed E-state index contributed by atoms with van der Waals surface area (Å²) in [6.45, 7) is 3.90. The number of nitrogens with one attached hydrogen (secondary N) is 1. The molecule has 2 aromatic rings. The number of rotatable bonds is 5. The number of benzene rings is 2. The molecule has 114 valence electrons. The number of hydrogen-bond donors (Lipinski definition) is 1. The molecular weight excluding hydrogens is 344 g/mol. The normalized spacial score (nSPS) is 10.7. The van der Waals surface area contributed by atoms with Crippen molar-refractivity contribution in [1.82, 2.24) is 5.43 Å². The Bertz CT molecular complexity index is 699. The molecule has 22 heavy (non-hydrogen) atoms. The van der Waals surface area contributed by atoms with Crippen LogP contribution in [0.2, 0.25) is 0 Å². The average molecular weight is 361 g/mol. The number of carbonyl (C=O) groups is 1. The van der Waals surface area contributed by atoms with Crippen molar-refractivity contribution in [2.24, 2.45) is 5.10 Å². The van der Waals surface area contributed by atoms with Gasteiger partial charge in [-0.25, -0.2) is 5.43 Å². The van der Waals surface area contributed by atoms with Gasteiger partial charge >= 0.3 is 0 Å². The lowest BCUT2D eigenvalue weighted by Crippen LogP contribution is -2.24. The number of amides is 1. The summed E-state index contributed by atoms with van der Waals surface area (Å²) in [5.74, 6) is 0.415. The third kappa shape index (κ3) is 4.70. The van der Waals surface area contributed by atoms with Gasteiger partial charge in [-0.2, -0.15) is 5.10 Å². The first-order valence-electron chi connectivity index (χ1n) is 6.83. The van der Waals surface area contributed by atoms with Gasteiger partial charge in [0.05, 0.1) is 6.21 Å². The van der Waals surface area contributed by atoms with Crippen LogP contribution in [0.25, 0.3) is 0 Å². The van der Waals surface area contributed by atoms with Crippen LogP contribution in [0.3, 0.4) is 0 Å². The van der Waals surface area contributed by atoms with E-state index < -0.39 is 0 Å². The zero-order valence-corrected chi connectivity index (χ0v) is 14.1. The largest absolute Gasteiger partial charge is 0.483 e. The molecule has 0 aliphatic heterocycles. The fourth-order valence-corrected chi connectivity index (χ4v) is 2.24. The quantitative estimate of drug-likeness (QED) is 0.654. The van der Waals surface area contributed by atoms with E-state index in [0.717, 1.165) is 21.2 Å². The maximum atomic E-state index is 11.7. The summed E-state index contributed by atoms with van der Waals surface area (Å²) < 4.78 is 6.47. The number of halogens is 1. The molecule has 0 unspecified atom stereocenters. The molecule has 1 N–H and O–H groups in total. The Balaban J connectivity index is 1.84. The Hall–Kier alpha value is -2.14. The molecule has 0 saturated carbocycles. The van der Waals surface area contributed by atoms with Crippen LogP contribution in [-0.2, 0) is 4.79 Å². The number of nitrogens with zero attached hydrogens (tertiary/aromatic N) is 1. The van der Waals surface area contributed by atoms with E-state index in [1.807, 2.05) is 56.3 Å². The summed E-state index contributed by atoms with van der Waals surface area (Å²) in [5, 5.41) is 3.91. The lowest BCUT2D eigenvalue weighted by Gasteiger charge is -2.09. The van der Waals surface area contributed by atoms with Gasteiger partial charge in [-0.1, -0.05) is 40.2 Å². The van der Waals surface area contributed by atoms with Gasteiger partial charge in [0.15, 0.2) is 6.61 Å². The molecule has 0 bridgehead atoms. The molecule has 4 nitrogen and oxygen atoms in total. The summed E-state index contributed by atoms with van der Waals surface area (Å²) in [4.78, 5) is 11.7. The smallest absolute Gasteiger partial charge is 0.277 e. The van der Waals surface area contributed by atoms with Gasteiger partial charge in [0, 0.05) is 4.47 Å². The molecular formula is C17H17BrN2O2. The number of carbonyl (C=O) groups excluding carboxylic acids is 1. The van der Waals surface area contributed by atoms with E-state index in [-0.39, 0.29) is 12.5 Å². The molecule has 0 saturated heterocycles. The molecule has 0 spiro atoms. The Kier molecular flexibility index (Phi) is 5.72. The highest BCUT2D eigenvalue weighted by Crippen LogP contribution is 2.20. The lowest BCUT2D eigenvalue weighted by atomic mass is 10.1. The lowest BCUT2D eigenvalue weighted by molar-refractivity contribution is -0.123. The summed E-state index contributed by atoms with van der Waals surface area (Å²) in [7, 11) is 0. The first kappa shape index (κ1) is 16.2. The van der Waals surface area contributed by atoms with Gasteiger partial charge < -0.3 is 4.74 Å². The predicted molar refractivity (Wildman–Crippen MR) is 91.3 cm³/mol. The van der Waals surface area contributed by atoms with Crippen molar-refractivity contribution in [1.29, 1.82) is 0 Å². The Morgan fingerprint density at radius 1 is 1.27 bits per heavy atom. The van der Waals surface area contributed by atoms with Gasteiger partial charge in [0.2, 0.25) is 0 Å². The summed E-state index contributed by atoms with van der Waals surface area (Å²) in [5.41, 5.74) is 5.50. The standard InChI is InChI=1S/C17H17BrN2O2/c1-12-5-3-8-16(13(12)2)22-11-17(21)20-19-10-14-6-4-7-15(18)9-14/h3-10H,11H2,1-2H3,(H,20,21).